The van der Waals surface area contributed by atoms with E-state index in [1.807, 2.05) is 18.2 Å². The highest BCUT2D eigenvalue weighted by molar-refractivity contribution is 5.31. The molecule has 0 atom stereocenters. The molecule has 1 heteroatoms. The van der Waals surface area contributed by atoms with Gasteiger partial charge in [0.1, 0.15) is 5.75 Å². The van der Waals surface area contributed by atoms with Crippen LogP contribution in [0.2, 0.25) is 0 Å². The lowest BCUT2D eigenvalue weighted by atomic mass is 10.2. The second kappa shape index (κ2) is 3.18. The summed E-state index contributed by atoms with van der Waals surface area (Å²) in [7, 11) is 0. The molecule has 0 spiro atoms. The van der Waals surface area contributed by atoms with Gasteiger partial charge in [-0.3, -0.25) is 0 Å². The molecule has 1 aliphatic rings. The van der Waals surface area contributed by atoms with Crippen molar-refractivity contribution in [1.29, 1.82) is 0 Å². The Kier molecular flexibility index (Phi) is 2.03. The summed E-state index contributed by atoms with van der Waals surface area (Å²) in [5.74, 6) is 1.84. The Morgan fingerprint density at radius 3 is 3.08 bits per heavy atom. The molecule has 12 heavy (non-hydrogen) atoms. The third kappa shape index (κ3) is 1.79. The van der Waals surface area contributed by atoms with E-state index in [9.17, 15) is 0 Å². The monoisotopic (exact) mass is 161 g/mol. The fourth-order valence-electron chi connectivity index (χ4n) is 1.15. The number of hydrogen-bond acceptors (Lipinski definition) is 1. The standard InChI is InChI=1S/C11H13O/c1-9-4-2-3-5-11(9)12-8-10-6-7-10/h3-5,10H,6-8H2,1H3. The molecule has 1 aromatic carbocycles. The van der Waals surface area contributed by atoms with Gasteiger partial charge in [-0.1, -0.05) is 6.07 Å². The van der Waals surface area contributed by atoms with Crippen molar-refractivity contribution in [2.45, 2.75) is 19.8 Å². The molecule has 0 bridgehead atoms. The average molecular weight is 161 g/mol. The molecular formula is C11H13O. The number of benzene rings is 1. The smallest absolute Gasteiger partial charge is 0.122 e. The summed E-state index contributed by atoms with van der Waals surface area (Å²) in [6.07, 6.45) is 2.69. The maximum absolute atomic E-state index is 5.64. The lowest BCUT2D eigenvalue weighted by Crippen LogP contribution is -1.99. The highest BCUT2D eigenvalue weighted by Crippen LogP contribution is 2.30. The van der Waals surface area contributed by atoms with E-state index in [1.165, 1.54) is 18.4 Å². The highest BCUT2D eigenvalue weighted by atomic mass is 16.5. The van der Waals surface area contributed by atoms with E-state index in [0.717, 1.165) is 18.3 Å². The van der Waals surface area contributed by atoms with Crippen LogP contribution in [0, 0.1) is 18.9 Å². The molecule has 0 unspecified atom stereocenters. The quantitative estimate of drug-likeness (QED) is 0.662. The largest absolute Gasteiger partial charge is 0.493 e. The van der Waals surface area contributed by atoms with Crippen LogP contribution in [0.4, 0.5) is 0 Å². The van der Waals surface area contributed by atoms with Crippen LogP contribution in [0.3, 0.4) is 0 Å². The minimum absolute atomic E-state index is 0.827. The number of rotatable bonds is 3. The zero-order valence-electron chi connectivity index (χ0n) is 7.34. The van der Waals surface area contributed by atoms with Crippen LogP contribution in [-0.2, 0) is 0 Å². The van der Waals surface area contributed by atoms with Crippen LogP contribution in [0.1, 0.15) is 18.4 Å². The summed E-state index contributed by atoms with van der Waals surface area (Å²) in [6.45, 7) is 2.95. The molecule has 0 aliphatic heterocycles. The Labute approximate surface area is 73.4 Å². The lowest BCUT2D eigenvalue weighted by molar-refractivity contribution is 0.298. The Bertz CT molecular complexity index is 263. The van der Waals surface area contributed by atoms with Crippen molar-refractivity contribution < 1.29 is 4.74 Å². The van der Waals surface area contributed by atoms with Gasteiger partial charge in [-0.2, -0.15) is 0 Å². The van der Waals surface area contributed by atoms with Crippen LogP contribution in [0.15, 0.2) is 18.2 Å². The summed E-state index contributed by atoms with van der Waals surface area (Å²) in [5, 5.41) is 0. The van der Waals surface area contributed by atoms with Crippen molar-refractivity contribution in [2.75, 3.05) is 6.61 Å². The molecule has 0 N–H and O–H groups in total. The Hall–Kier alpha value is -0.980. The van der Waals surface area contributed by atoms with Gasteiger partial charge >= 0.3 is 0 Å². The summed E-state index contributed by atoms with van der Waals surface area (Å²) in [4.78, 5) is 0. The van der Waals surface area contributed by atoms with Crippen molar-refractivity contribution in [2.24, 2.45) is 5.92 Å². The zero-order valence-corrected chi connectivity index (χ0v) is 7.34. The van der Waals surface area contributed by atoms with Crippen molar-refractivity contribution in [3.05, 3.63) is 29.8 Å². The molecular weight excluding hydrogens is 148 g/mol. The van der Waals surface area contributed by atoms with E-state index in [2.05, 4.69) is 13.0 Å². The second-order valence-electron chi connectivity index (χ2n) is 3.45. The number of hydrogen-bond donors (Lipinski definition) is 0. The van der Waals surface area contributed by atoms with Crippen LogP contribution in [-0.4, -0.2) is 6.61 Å². The molecule has 63 valence electrons. The SMILES string of the molecule is Cc1c[c]ccc1OCC1CC1. The fraction of sp³-hybridized carbons (Fsp3) is 0.455. The molecule has 1 aromatic rings. The van der Waals surface area contributed by atoms with E-state index in [-0.39, 0.29) is 0 Å². The Balaban J connectivity index is 1.96. The van der Waals surface area contributed by atoms with Gasteiger partial charge in [-0.25, -0.2) is 0 Å². The summed E-state index contributed by atoms with van der Waals surface area (Å²) in [5.41, 5.74) is 1.18. The molecule has 1 saturated carbocycles. The first-order valence-corrected chi connectivity index (χ1v) is 4.46. The van der Waals surface area contributed by atoms with Crippen LogP contribution in [0.5, 0.6) is 5.75 Å². The molecule has 1 fully saturated rings. The third-order valence-corrected chi connectivity index (χ3v) is 2.19. The third-order valence-electron chi connectivity index (χ3n) is 2.19. The maximum atomic E-state index is 5.64. The predicted molar refractivity (Wildman–Crippen MR) is 48.2 cm³/mol. The Morgan fingerprint density at radius 1 is 1.58 bits per heavy atom. The van der Waals surface area contributed by atoms with Gasteiger partial charge in [0.2, 0.25) is 0 Å². The van der Waals surface area contributed by atoms with Crippen molar-refractivity contribution in [1.82, 2.24) is 0 Å². The van der Waals surface area contributed by atoms with Gasteiger partial charge in [0.25, 0.3) is 0 Å². The minimum atomic E-state index is 0.827. The fourth-order valence-corrected chi connectivity index (χ4v) is 1.15. The summed E-state index contributed by atoms with van der Waals surface area (Å²) < 4.78 is 5.64. The summed E-state index contributed by atoms with van der Waals surface area (Å²) in [6, 6.07) is 8.87. The van der Waals surface area contributed by atoms with Crippen molar-refractivity contribution in [3.63, 3.8) is 0 Å². The van der Waals surface area contributed by atoms with E-state index in [1.54, 1.807) is 0 Å². The first kappa shape index (κ1) is 7.66. The van der Waals surface area contributed by atoms with E-state index in [4.69, 9.17) is 4.74 Å². The maximum Gasteiger partial charge on any atom is 0.122 e. The zero-order chi connectivity index (χ0) is 8.39. The van der Waals surface area contributed by atoms with Crippen molar-refractivity contribution >= 4 is 0 Å². The lowest BCUT2D eigenvalue weighted by Gasteiger charge is -2.06. The van der Waals surface area contributed by atoms with E-state index < -0.39 is 0 Å². The van der Waals surface area contributed by atoms with Crippen LogP contribution >= 0.6 is 0 Å². The molecule has 0 aromatic heterocycles. The first-order chi connectivity index (χ1) is 5.86. The second-order valence-corrected chi connectivity index (χ2v) is 3.45. The number of ether oxygens (including phenoxy) is 1. The van der Waals surface area contributed by atoms with Crippen LogP contribution < -0.4 is 4.74 Å². The topological polar surface area (TPSA) is 9.23 Å². The molecule has 0 saturated heterocycles. The van der Waals surface area contributed by atoms with Gasteiger partial charge in [0, 0.05) is 0 Å². The van der Waals surface area contributed by atoms with Gasteiger partial charge in [0.05, 0.1) is 6.61 Å². The summed E-state index contributed by atoms with van der Waals surface area (Å²) >= 11 is 0. The minimum Gasteiger partial charge on any atom is -0.493 e. The molecule has 0 heterocycles. The number of aryl methyl sites for hydroxylation is 1. The molecule has 1 aliphatic carbocycles. The normalized spacial score (nSPS) is 16.1. The predicted octanol–water partition coefficient (Wildman–Crippen LogP) is 2.58. The molecule has 2 rings (SSSR count). The first-order valence-electron chi connectivity index (χ1n) is 4.46. The van der Waals surface area contributed by atoms with Gasteiger partial charge in [-0.15, -0.1) is 0 Å². The van der Waals surface area contributed by atoms with Crippen molar-refractivity contribution in [3.8, 4) is 5.75 Å². The van der Waals surface area contributed by atoms with Gasteiger partial charge in [0.15, 0.2) is 0 Å². The molecule has 0 amide bonds. The molecule has 1 nitrogen and oxygen atoms in total. The highest BCUT2D eigenvalue weighted by Gasteiger charge is 2.21. The van der Waals surface area contributed by atoms with Gasteiger partial charge < -0.3 is 4.74 Å². The van der Waals surface area contributed by atoms with E-state index in [0.29, 0.717) is 0 Å². The average Bonchev–Trinajstić information content (AvgIpc) is 2.86. The van der Waals surface area contributed by atoms with E-state index >= 15 is 0 Å². The Morgan fingerprint density at radius 2 is 2.42 bits per heavy atom. The van der Waals surface area contributed by atoms with Gasteiger partial charge in [-0.05, 0) is 49.4 Å². The molecule has 1 radical (unpaired) electrons. The van der Waals surface area contributed by atoms with Crippen LogP contribution in [0.25, 0.3) is 0 Å².